The third kappa shape index (κ3) is 3.31. The number of hydrogen-bond acceptors (Lipinski definition) is 3. The van der Waals surface area contributed by atoms with Crippen LogP contribution in [0.1, 0.15) is 29.3 Å². The van der Waals surface area contributed by atoms with E-state index in [0.29, 0.717) is 23.9 Å². The Balaban J connectivity index is 2.25. The molecule has 1 amide bonds. The molecule has 0 radical (unpaired) electrons. The van der Waals surface area contributed by atoms with Crippen molar-refractivity contribution < 1.29 is 13.2 Å². The summed E-state index contributed by atoms with van der Waals surface area (Å²) in [6.07, 6.45) is 1.11. The van der Waals surface area contributed by atoms with Crippen LogP contribution in [-0.4, -0.2) is 20.9 Å². The number of amides is 1. The van der Waals surface area contributed by atoms with Crippen molar-refractivity contribution in [3.8, 4) is 0 Å². The van der Waals surface area contributed by atoms with Gasteiger partial charge in [0.15, 0.2) is 0 Å². The summed E-state index contributed by atoms with van der Waals surface area (Å²) in [7, 11) is -3.89. The maximum Gasteiger partial charge on any atom is 0.251 e. The highest BCUT2D eigenvalue weighted by Gasteiger charge is 2.32. The normalized spacial score (nSPS) is 21.6. The van der Waals surface area contributed by atoms with Crippen LogP contribution in [-0.2, 0) is 10.0 Å². The molecule has 1 fully saturated rings. The number of nitrogens with two attached hydrogens (primary N) is 1. The van der Waals surface area contributed by atoms with Crippen LogP contribution in [0.3, 0.4) is 0 Å². The Morgan fingerprint density at radius 3 is 2.60 bits per heavy atom. The number of nitrogens with one attached hydrogen (secondary N) is 1. The van der Waals surface area contributed by atoms with Gasteiger partial charge in [-0.15, -0.1) is 0 Å². The van der Waals surface area contributed by atoms with Gasteiger partial charge in [0.05, 0.1) is 4.90 Å². The average Bonchev–Trinajstić information content (AvgIpc) is 3.04. The van der Waals surface area contributed by atoms with E-state index in [-0.39, 0.29) is 21.4 Å². The van der Waals surface area contributed by atoms with E-state index in [9.17, 15) is 13.2 Å². The summed E-state index contributed by atoms with van der Waals surface area (Å²) in [6, 6.07) is 2.52. The van der Waals surface area contributed by atoms with Gasteiger partial charge >= 0.3 is 0 Å². The fourth-order valence-corrected chi connectivity index (χ4v) is 2.90. The van der Waals surface area contributed by atoms with E-state index in [0.717, 1.165) is 6.42 Å². The minimum atomic E-state index is -3.89. The van der Waals surface area contributed by atoms with E-state index in [1.165, 1.54) is 12.1 Å². The minimum Gasteiger partial charge on any atom is -0.352 e. The first-order chi connectivity index (χ1) is 9.20. The van der Waals surface area contributed by atoms with E-state index >= 15 is 0 Å². The van der Waals surface area contributed by atoms with Crippen molar-refractivity contribution in [3.63, 3.8) is 0 Å². The van der Waals surface area contributed by atoms with Crippen molar-refractivity contribution in [2.45, 2.75) is 25.2 Å². The van der Waals surface area contributed by atoms with Crippen LogP contribution in [0.2, 0.25) is 5.02 Å². The quantitative estimate of drug-likeness (QED) is 0.885. The first kappa shape index (κ1) is 15.3. The lowest BCUT2D eigenvalue weighted by atomic mass is 10.1. The van der Waals surface area contributed by atoms with E-state index < -0.39 is 10.0 Å². The van der Waals surface area contributed by atoms with Gasteiger partial charge in [0, 0.05) is 17.1 Å². The summed E-state index contributed by atoms with van der Waals surface area (Å²) in [6.45, 7) is 4.39. The highest BCUT2D eigenvalue weighted by molar-refractivity contribution is 7.89. The molecule has 0 aliphatic heterocycles. The molecule has 0 heterocycles. The van der Waals surface area contributed by atoms with Crippen LogP contribution in [0.25, 0.3) is 0 Å². The summed E-state index contributed by atoms with van der Waals surface area (Å²) in [5.74, 6) is 0.820. The number of rotatable bonds is 4. The molecule has 0 aromatic heterocycles. The number of benzene rings is 1. The largest absolute Gasteiger partial charge is 0.352 e. The second kappa shape index (κ2) is 5.35. The molecule has 5 nitrogen and oxygen atoms in total. The zero-order valence-electron chi connectivity index (χ0n) is 11.3. The molecule has 1 aromatic carbocycles. The predicted octanol–water partition coefficient (Wildman–Crippen LogP) is 1.68. The second-order valence-corrected chi connectivity index (χ2v) is 7.27. The van der Waals surface area contributed by atoms with Gasteiger partial charge < -0.3 is 5.32 Å². The lowest BCUT2D eigenvalue weighted by Crippen LogP contribution is -2.27. The van der Waals surface area contributed by atoms with Crippen LogP contribution in [0.15, 0.2) is 17.0 Å². The van der Waals surface area contributed by atoms with Gasteiger partial charge in [-0.3, -0.25) is 4.79 Å². The molecule has 1 aromatic rings. The van der Waals surface area contributed by atoms with Crippen molar-refractivity contribution in [2.75, 3.05) is 6.54 Å². The number of sulfonamides is 1. The van der Waals surface area contributed by atoms with Gasteiger partial charge in [-0.2, -0.15) is 0 Å². The predicted molar refractivity (Wildman–Crippen MR) is 77.2 cm³/mol. The molecule has 0 saturated heterocycles. The monoisotopic (exact) mass is 316 g/mol. The van der Waals surface area contributed by atoms with Gasteiger partial charge in [0.1, 0.15) is 0 Å². The topological polar surface area (TPSA) is 89.3 Å². The zero-order valence-corrected chi connectivity index (χ0v) is 12.9. The molecule has 1 aliphatic carbocycles. The number of halogens is 1. The standard InChI is InChI=1S/C13H17ClN2O3S/c1-7-3-9(7)6-16-13(17)11-4-10(20(15,18)19)5-12(14)8(11)2/h4-5,7,9H,3,6H2,1-2H3,(H,16,17)(H2,15,18,19). The van der Waals surface area contributed by atoms with Gasteiger partial charge in [0.25, 0.3) is 5.91 Å². The smallest absolute Gasteiger partial charge is 0.251 e. The number of hydrogen-bond donors (Lipinski definition) is 2. The average molecular weight is 317 g/mol. The molecule has 2 unspecified atom stereocenters. The third-order valence-corrected chi connectivity index (χ3v) is 4.98. The Hall–Kier alpha value is -1.11. The van der Waals surface area contributed by atoms with E-state index in [1.807, 2.05) is 0 Å². The Labute approximate surface area is 123 Å². The zero-order chi connectivity index (χ0) is 15.1. The molecule has 2 atom stereocenters. The molecule has 0 bridgehead atoms. The molecular weight excluding hydrogens is 300 g/mol. The van der Waals surface area contributed by atoms with Gasteiger partial charge in [0.2, 0.25) is 10.0 Å². The third-order valence-electron chi connectivity index (χ3n) is 3.69. The summed E-state index contributed by atoms with van der Waals surface area (Å²) in [4.78, 5) is 12.0. The van der Waals surface area contributed by atoms with Crippen molar-refractivity contribution in [1.29, 1.82) is 0 Å². The maximum atomic E-state index is 12.1. The Morgan fingerprint density at radius 1 is 1.50 bits per heavy atom. The molecule has 1 saturated carbocycles. The van der Waals surface area contributed by atoms with Crippen LogP contribution >= 0.6 is 11.6 Å². The molecule has 3 N–H and O–H groups in total. The molecule has 2 rings (SSSR count). The molecule has 20 heavy (non-hydrogen) atoms. The highest BCUT2D eigenvalue weighted by atomic mass is 35.5. The lowest BCUT2D eigenvalue weighted by molar-refractivity contribution is 0.0950. The van der Waals surface area contributed by atoms with Crippen molar-refractivity contribution in [2.24, 2.45) is 17.0 Å². The minimum absolute atomic E-state index is 0.155. The molecule has 7 heteroatoms. The Morgan fingerprint density at radius 2 is 2.10 bits per heavy atom. The summed E-state index contributed by atoms with van der Waals surface area (Å²) < 4.78 is 22.8. The van der Waals surface area contributed by atoms with Crippen LogP contribution < -0.4 is 10.5 Å². The van der Waals surface area contributed by atoms with E-state index in [4.69, 9.17) is 16.7 Å². The number of carbonyl (C=O) groups is 1. The first-order valence-corrected chi connectivity index (χ1v) is 8.23. The highest BCUT2D eigenvalue weighted by Crippen LogP contribution is 2.36. The summed E-state index contributed by atoms with van der Waals surface area (Å²) >= 11 is 5.97. The van der Waals surface area contributed by atoms with Crippen molar-refractivity contribution in [1.82, 2.24) is 5.32 Å². The molecule has 0 spiro atoms. The number of carbonyl (C=O) groups excluding carboxylic acids is 1. The van der Waals surface area contributed by atoms with Crippen molar-refractivity contribution >= 4 is 27.5 Å². The first-order valence-electron chi connectivity index (χ1n) is 6.31. The lowest BCUT2D eigenvalue weighted by Gasteiger charge is -2.10. The Bertz CT molecular complexity index is 658. The fourth-order valence-electron chi connectivity index (χ4n) is 2.06. The van der Waals surface area contributed by atoms with Crippen LogP contribution in [0.4, 0.5) is 0 Å². The van der Waals surface area contributed by atoms with E-state index in [2.05, 4.69) is 12.2 Å². The molecule has 1 aliphatic rings. The summed E-state index contributed by atoms with van der Waals surface area (Å²) in [5, 5.41) is 8.09. The van der Waals surface area contributed by atoms with Crippen LogP contribution in [0.5, 0.6) is 0 Å². The SMILES string of the molecule is Cc1c(Cl)cc(S(N)(=O)=O)cc1C(=O)NCC1CC1C. The van der Waals surface area contributed by atoms with Gasteiger partial charge in [-0.05, 0) is 42.9 Å². The Kier molecular flexibility index (Phi) is 4.09. The molecule has 110 valence electrons. The maximum absolute atomic E-state index is 12.1. The van der Waals surface area contributed by atoms with E-state index in [1.54, 1.807) is 6.92 Å². The van der Waals surface area contributed by atoms with Crippen molar-refractivity contribution in [3.05, 3.63) is 28.3 Å². The second-order valence-electron chi connectivity index (χ2n) is 5.31. The van der Waals surface area contributed by atoms with Crippen LogP contribution in [0, 0.1) is 18.8 Å². The van der Waals surface area contributed by atoms with Gasteiger partial charge in [-0.25, -0.2) is 13.6 Å². The van der Waals surface area contributed by atoms with Gasteiger partial charge in [-0.1, -0.05) is 18.5 Å². The molecular formula is C13H17ClN2O3S. The number of primary sulfonamides is 1. The fraction of sp³-hybridized carbons (Fsp3) is 0.462. The summed E-state index contributed by atoms with van der Waals surface area (Å²) in [5.41, 5.74) is 0.787.